The van der Waals surface area contributed by atoms with Crippen molar-refractivity contribution in [2.24, 2.45) is 0 Å². The molecule has 2 heterocycles. The van der Waals surface area contributed by atoms with Crippen LogP contribution in [0.15, 0.2) is 30.5 Å². The van der Waals surface area contributed by atoms with E-state index in [2.05, 4.69) is 45.7 Å². The van der Waals surface area contributed by atoms with E-state index in [1.165, 1.54) is 29.3 Å². The number of nitrogens with one attached hydrogen (secondary N) is 2. The summed E-state index contributed by atoms with van der Waals surface area (Å²) in [6.45, 7) is 2.60. The Balaban J connectivity index is 1.31. The van der Waals surface area contributed by atoms with Gasteiger partial charge in [0.25, 0.3) is 0 Å². The molecule has 4 rings (SSSR count). The number of piperidine rings is 1. The Kier molecular flexibility index (Phi) is 4.56. The molecular weight excluding hydrogens is 298 g/mol. The van der Waals surface area contributed by atoms with Crippen molar-refractivity contribution in [1.82, 2.24) is 15.2 Å². The molecule has 1 aromatic heterocycles. The van der Waals surface area contributed by atoms with Crippen LogP contribution >= 0.6 is 0 Å². The number of carbonyl (C=O) groups is 1. The molecule has 0 spiro atoms. The second-order valence-electron chi connectivity index (χ2n) is 7.39. The van der Waals surface area contributed by atoms with Crippen LogP contribution in [0.4, 0.5) is 0 Å². The molecule has 2 aromatic rings. The van der Waals surface area contributed by atoms with E-state index in [1.54, 1.807) is 0 Å². The zero-order valence-electron chi connectivity index (χ0n) is 14.3. The van der Waals surface area contributed by atoms with Gasteiger partial charge in [-0.1, -0.05) is 31.0 Å². The van der Waals surface area contributed by atoms with Crippen molar-refractivity contribution in [3.8, 4) is 0 Å². The molecule has 128 valence electrons. The van der Waals surface area contributed by atoms with E-state index in [4.69, 9.17) is 0 Å². The highest BCUT2D eigenvalue weighted by Crippen LogP contribution is 2.32. The molecule has 1 aliphatic carbocycles. The third-order valence-corrected chi connectivity index (χ3v) is 5.74. The van der Waals surface area contributed by atoms with Crippen molar-refractivity contribution < 1.29 is 4.79 Å². The first-order chi connectivity index (χ1) is 11.8. The number of H-pyrrole nitrogens is 1. The predicted octanol–water partition coefficient (Wildman–Crippen LogP) is 3.41. The number of rotatable bonds is 4. The number of benzene rings is 1. The normalized spacial score (nSPS) is 20.7. The summed E-state index contributed by atoms with van der Waals surface area (Å²) in [5.41, 5.74) is 2.67. The minimum Gasteiger partial charge on any atom is -0.361 e. The number of likely N-dealkylation sites (tertiary alicyclic amines) is 1. The van der Waals surface area contributed by atoms with E-state index >= 15 is 0 Å². The Hall–Kier alpha value is -1.81. The van der Waals surface area contributed by atoms with E-state index in [0.29, 0.717) is 18.5 Å². The molecule has 24 heavy (non-hydrogen) atoms. The van der Waals surface area contributed by atoms with Gasteiger partial charge >= 0.3 is 0 Å². The third kappa shape index (κ3) is 3.34. The summed E-state index contributed by atoms with van der Waals surface area (Å²) < 4.78 is 0. The Morgan fingerprint density at radius 3 is 2.67 bits per heavy atom. The highest BCUT2D eigenvalue weighted by Gasteiger charge is 2.25. The van der Waals surface area contributed by atoms with E-state index < -0.39 is 0 Å². The lowest BCUT2D eigenvalue weighted by Crippen LogP contribution is -2.43. The molecule has 1 aromatic carbocycles. The Morgan fingerprint density at radius 1 is 1.12 bits per heavy atom. The van der Waals surface area contributed by atoms with E-state index in [1.807, 2.05) is 0 Å². The van der Waals surface area contributed by atoms with Gasteiger partial charge in [-0.25, -0.2) is 0 Å². The van der Waals surface area contributed by atoms with Gasteiger partial charge in [0.05, 0.1) is 6.54 Å². The van der Waals surface area contributed by atoms with Crippen LogP contribution in [0.3, 0.4) is 0 Å². The fourth-order valence-corrected chi connectivity index (χ4v) is 4.38. The van der Waals surface area contributed by atoms with E-state index in [0.717, 1.165) is 38.8 Å². The second-order valence-corrected chi connectivity index (χ2v) is 7.39. The fraction of sp³-hybridized carbons (Fsp3) is 0.550. The maximum absolute atomic E-state index is 12.2. The molecule has 0 radical (unpaired) electrons. The van der Waals surface area contributed by atoms with Crippen LogP contribution in [0.5, 0.6) is 0 Å². The topological polar surface area (TPSA) is 48.1 Å². The molecular formula is C20H27N3O. The minimum atomic E-state index is 0.215. The van der Waals surface area contributed by atoms with Gasteiger partial charge in [-0.05, 0) is 56.3 Å². The lowest BCUT2D eigenvalue weighted by atomic mass is 9.89. The number of amides is 1. The van der Waals surface area contributed by atoms with E-state index in [9.17, 15) is 4.79 Å². The molecule has 2 aliphatic rings. The molecule has 0 unspecified atom stereocenters. The molecule has 1 saturated heterocycles. The van der Waals surface area contributed by atoms with Crippen molar-refractivity contribution in [2.75, 3.05) is 19.6 Å². The minimum absolute atomic E-state index is 0.215. The maximum atomic E-state index is 12.2. The Morgan fingerprint density at radius 2 is 1.88 bits per heavy atom. The van der Waals surface area contributed by atoms with Gasteiger partial charge in [-0.3, -0.25) is 9.69 Å². The lowest BCUT2D eigenvalue weighted by molar-refractivity contribution is -0.123. The number of aromatic nitrogens is 1. The molecule has 0 bridgehead atoms. The summed E-state index contributed by atoms with van der Waals surface area (Å²) in [7, 11) is 0. The monoisotopic (exact) mass is 325 g/mol. The van der Waals surface area contributed by atoms with Crippen molar-refractivity contribution in [3.05, 3.63) is 36.0 Å². The largest absolute Gasteiger partial charge is 0.361 e. The standard InChI is InChI=1S/C20H27N3O/c24-20(22-16-5-1-2-6-16)14-23-11-9-15(10-12-23)18-13-21-19-8-4-3-7-17(18)19/h3-4,7-8,13,15-16,21H,1-2,5-6,9-12,14H2,(H,22,24). The predicted molar refractivity (Wildman–Crippen MR) is 97.1 cm³/mol. The van der Waals surface area contributed by atoms with Gasteiger partial charge in [0, 0.05) is 23.1 Å². The van der Waals surface area contributed by atoms with Crippen LogP contribution in [0.2, 0.25) is 0 Å². The van der Waals surface area contributed by atoms with Crippen molar-refractivity contribution in [3.63, 3.8) is 0 Å². The zero-order valence-corrected chi connectivity index (χ0v) is 14.3. The first-order valence-electron chi connectivity index (χ1n) is 9.37. The lowest BCUT2D eigenvalue weighted by Gasteiger charge is -2.31. The molecule has 2 N–H and O–H groups in total. The average Bonchev–Trinajstić information content (AvgIpc) is 3.25. The van der Waals surface area contributed by atoms with Gasteiger partial charge in [0.1, 0.15) is 0 Å². The number of aromatic amines is 1. The number of hydrogen-bond acceptors (Lipinski definition) is 2. The van der Waals surface area contributed by atoms with Crippen LogP contribution in [0.1, 0.15) is 50.0 Å². The van der Waals surface area contributed by atoms with Crippen LogP contribution in [-0.4, -0.2) is 41.5 Å². The van der Waals surface area contributed by atoms with E-state index in [-0.39, 0.29) is 5.91 Å². The summed E-state index contributed by atoms with van der Waals surface area (Å²) in [6, 6.07) is 8.97. The summed E-state index contributed by atoms with van der Waals surface area (Å²) >= 11 is 0. The van der Waals surface area contributed by atoms with Gasteiger partial charge < -0.3 is 10.3 Å². The van der Waals surface area contributed by atoms with Gasteiger partial charge in [-0.15, -0.1) is 0 Å². The first-order valence-corrected chi connectivity index (χ1v) is 9.37. The fourth-order valence-electron chi connectivity index (χ4n) is 4.38. The smallest absolute Gasteiger partial charge is 0.234 e. The SMILES string of the molecule is O=C(CN1CCC(c2c[nH]c3ccccc23)CC1)NC1CCCC1. The molecule has 1 saturated carbocycles. The first kappa shape index (κ1) is 15.7. The number of fused-ring (bicyclic) bond motifs is 1. The second kappa shape index (κ2) is 6.98. The van der Waals surface area contributed by atoms with Crippen LogP contribution in [0, 0.1) is 0 Å². The van der Waals surface area contributed by atoms with Gasteiger partial charge in [-0.2, -0.15) is 0 Å². The molecule has 2 fully saturated rings. The van der Waals surface area contributed by atoms with Crippen LogP contribution < -0.4 is 5.32 Å². The number of para-hydroxylation sites is 1. The van der Waals surface area contributed by atoms with Crippen molar-refractivity contribution in [1.29, 1.82) is 0 Å². The number of hydrogen-bond donors (Lipinski definition) is 2. The summed E-state index contributed by atoms with van der Waals surface area (Å²) in [5, 5.41) is 4.56. The Labute approximate surface area is 143 Å². The zero-order chi connectivity index (χ0) is 16.4. The van der Waals surface area contributed by atoms with Crippen molar-refractivity contribution >= 4 is 16.8 Å². The third-order valence-electron chi connectivity index (χ3n) is 5.74. The number of carbonyl (C=O) groups excluding carboxylic acids is 1. The molecule has 1 aliphatic heterocycles. The molecule has 4 nitrogen and oxygen atoms in total. The summed E-state index contributed by atoms with van der Waals surface area (Å²) in [6.07, 6.45) is 9.31. The molecule has 4 heteroatoms. The van der Waals surface area contributed by atoms with Crippen LogP contribution in [-0.2, 0) is 4.79 Å². The summed E-state index contributed by atoms with van der Waals surface area (Å²) in [4.78, 5) is 17.9. The van der Waals surface area contributed by atoms with Crippen molar-refractivity contribution in [2.45, 2.75) is 50.5 Å². The maximum Gasteiger partial charge on any atom is 0.234 e. The quantitative estimate of drug-likeness (QED) is 0.905. The van der Waals surface area contributed by atoms with Crippen LogP contribution in [0.25, 0.3) is 10.9 Å². The molecule has 1 amide bonds. The number of nitrogens with zero attached hydrogens (tertiary/aromatic N) is 1. The van der Waals surface area contributed by atoms with Gasteiger partial charge in [0.2, 0.25) is 5.91 Å². The highest BCUT2D eigenvalue weighted by atomic mass is 16.2. The van der Waals surface area contributed by atoms with Gasteiger partial charge in [0.15, 0.2) is 0 Å². The molecule has 0 atom stereocenters. The average molecular weight is 325 g/mol. The summed E-state index contributed by atoms with van der Waals surface area (Å²) in [5.74, 6) is 0.822. The highest BCUT2D eigenvalue weighted by molar-refractivity contribution is 5.83. The Bertz CT molecular complexity index is 694.